The van der Waals surface area contributed by atoms with Crippen LogP contribution < -0.4 is 5.32 Å². The van der Waals surface area contributed by atoms with Crippen LogP contribution in [0, 0.1) is 21.0 Å². The van der Waals surface area contributed by atoms with Crippen LogP contribution in [0.15, 0.2) is 36.4 Å². The Morgan fingerprint density at radius 2 is 1.65 bits per heavy atom. The summed E-state index contributed by atoms with van der Waals surface area (Å²) in [4.78, 5) is 11.9. The summed E-state index contributed by atoms with van der Waals surface area (Å²) in [6, 6.07) is 6.56. The molecular weight excluding hydrogens is 432 g/mol. The first-order valence-corrected chi connectivity index (χ1v) is 7.36. The van der Waals surface area contributed by atoms with Crippen LogP contribution in [-0.2, 0) is 5.92 Å². The molecule has 122 valence electrons. The minimum absolute atomic E-state index is 0.156. The summed E-state index contributed by atoms with van der Waals surface area (Å²) in [5.41, 5.74) is -1.43. The maximum atomic E-state index is 14.0. The zero-order valence-corrected chi connectivity index (χ0v) is 13.5. The van der Waals surface area contributed by atoms with E-state index in [0.717, 1.165) is 0 Å². The zero-order chi connectivity index (χ0) is 17.2. The van der Waals surface area contributed by atoms with Crippen LogP contribution in [0.1, 0.15) is 15.9 Å². The van der Waals surface area contributed by atoms with Crippen molar-refractivity contribution in [3.8, 4) is 0 Å². The third-order valence-corrected chi connectivity index (χ3v) is 3.90. The van der Waals surface area contributed by atoms with Gasteiger partial charge in [0.25, 0.3) is 11.8 Å². The third kappa shape index (κ3) is 3.98. The lowest BCUT2D eigenvalue weighted by Gasteiger charge is -2.19. The molecule has 0 aliphatic rings. The van der Waals surface area contributed by atoms with Crippen molar-refractivity contribution in [2.45, 2.75) is 5.92 Å². The highest BCUT2D eigenvalue weighted by Crippen LogP contribution is 2.32. The lowest BCUT2D eigenvalue weighted by molar-refractivity contribution is -0.00945. The molecule has 0 unspecified atom stereocenters. The summed E-state index contributed by atoms with van der Waals surface area (Å²) in [5.74, 6) is -9.57. The van der Waals surface area contributed by atoms with E-state index in [1.54, 1.807) is 18.2 Å². The van der Waals surface area contributed by atoms with Gasteiger partial charge in [-0.25, -0.2) is 13.2 Å². The highest BCUT2D eigenvalue weighted by Gasteiger charge is 2.38. The molecule has 0 aliphatic heterocycles. The number of hydrogen-bond donors (Lipinski definition) is 1. The summed E-state index contributed by atoms with van der Waals surface area (Å²) in [7, 11) is 0. The second kappa shape index (κ2) is 6.81. The summed E-state index contributed by atoms with van der Waals surface area (Å²) in [6.45, 7) is -1.32. The van der Waals surface area contributed by atoms with Crippen LogP contribution in [-0.4, -0.2) is 12.5 Å². The van der Waals surface area contributed by atoms with E-state index in [0.29, 0.717) is 3.57 Å². The Bertz CT molecular complexity index is 727. The minimum Gasteiger partial charge on any atom is -0.346 e. The van der Waals surface area contributed by atoms with Gasteiger partial charge in [0.15, 0.2) is 0 Å². The third-order valence-electron chi connectivity index (χ3n) is 2.96. The Balaban J connectivity index is 2.19. The van der Waals surface area contributed by atoms with Crippen molar-refractivity contribution < 1.29 is 26.7 Å². The molecule has 2 aromatic carbocycles. The number of halogens is 6. The van der Waals surface area contributed by atoms with Crippen molar-refractivity contribution in [1.82, 2.24) is 5.32 Å². The molecule has 0 heterocycles. The van der Waals surface area contributed by atoms with Gasteiger partial charge in [-0.05, 0) is 34.7 Å². The smallest absolute Gasteiger partial charge is 0.295 e. The highest BCUT2D eigenvalue weighted by atomic mass is 127. The van der Waals surface area contributed by atoms with Crippen molar-refractivity contribution in [2.75, 3.05) is 6.54 Å². The number of carbonyl (C=O) groups excluding carboxylic acids is 1. The van der Waals surface area contributed by atoms with Crippen LogP contribution in [0.4, 0.5) is 22.0 Å². The Morgan fingerprint density at radius 3 is 2.22 bits per heavy atom. The summed E-state index contributed by atoms with van der Waals surface area (Å²) in [5, 5.41) is 1.93. The van der Waals surface area contributed by atoms with Crippen LogP contribution >= 0.6 is 22.6 Å². The molecule has 0 atom stereocenters. The summed E-state index contributed by atoms with van der Waals surface area (Å²) in [6.07, 6.45) is 0. The average molecular weight is 441 g/mol. The first-order chi connectivity index (χ1) is 10.7. The van der Waals surface area contributed by atoms with E-state index in [9.17, 15) is 26.7 Å². The number of nitrogens with one attached hydrogen (secondary N) is 1. The fraction of sp³-hybridized carbons (Fsp3) is 0.133. The van der Waals surface area contributed by atoms with Crippen LogP contribution in [0.5, 0.6) is 0 Å². The van der Waals surface area contributed by atoms with E-state index in [-0.39, 0.29) is 17.7 Å². The normalized spacial score (nSPS) is 11.4. The quantitative estimate of drug-likeness (QED) is 0.559. The molecule has 0 radical (unpaired) electrons. The molecule has 0 fully saturated rings. The van der Waals surface area contributed by atoms with Gasteiger partial charge in [0.05, 0.1) is 17.7 Å². The first-order valence-electron chi connectivity index (χ1n) is 6.28. The number of hydrogen-bond acceptors (Lipinski definition) is 1. The molecule has 0 aliphatic carbocycles. The number of benzene rings is 2. The fourth-order valence-corrected chi connectivity index (χ4v) is 2.54. The molecule has 0 saturated carbocycles. The van der Waals surface area contributed by atoms with E-state index in [4.69, 9.17) is 0 Å². The van der Waals surface area contributed by atoms with Crippen LogP contribution in [0.2, 0.25) is 0 Å². The predicted octanol–water partition coefficient (Wildman–Crippen LogP) is 4.23. The Morgan fingerprint density at radius 1 is 1.09 bits per heavy atom. The second-order valence-corrected chi connectivity index (χ2v) is 5.77. The SMILES string of the molecule is O=C(NCC(F)(F)c1c(F)cc(F)cc1F)c1ccccc1I. The molecule has 2 nitrogen and oxygen atoms in total. The first kappa shape index (κ1) is 17.6. The number of amides is 1. The van der Waals surface area contributed by atoms with Gasteiger partial charge in [-0.1, -0.05) is 12.1 Å². The fourth-order valence-electron chi connectivity index (χ4n) is 1.91. The van der Waals surface area contributed by atoms with Gasteiger partial charge < -0.3 is 5.32 Å². The lowest BCUT2D eigenvalue weighted by Crippen LogP contribution is -2.36. The highest BCUT2D eigenvalue weighted by molar-refractivity contribution is 14.1. The van der Waals surface area contributed by atoms with E-state index < -0.39 is 41.4 Å². The summed E-state index contributed by atoms with van der Waals surface area (Å²) < 4.78 is 68.1. The molecule has 2 aromatic rings. The van der Waals surface area contributed by atoms with Gasteiger partial charge in [-0.2, -0.15) is 8.78 Å². The molecular formula is C15H9F5INO. The van der Waals surface area contributed by atoms with E-state index >= 15 is 0 Å². The molecule has 8 heteroatoms. The summed E-state index contributed by atoms with van der Waals surface area (Å²) >= 11 is 1.85. The van der Waals surface area contributed by atoms with Crippen molar-refractivity contribution in [3.63, 3.8) is 0 Å². The molecule has 0 aromatic heterocycles. The van der Waals surface area contributed by atoms with Crippen LogP contribution in [0.25, 0.3) is 0 Å². The van der Waals surface area contributed by atoms with Gasteiger partial charge in [-0.3, -0.25) is 4.79 Å². The van der Waals surface area contributed by atoms with Crippen molar-refractivity contribution >= 4 is 28.5 Å². The van der Waals surface area contributed by atoms with E-state index in [2.05, 4.69) is 0 Å². The number of rotatable bonds is 4. The van der Waals surface area contributed by atoms with E-state index in [1.165, 1.54) is 6.07 Å². The zero-order valence-electron chi connectivity index (χ0n) is 11.3. The molecule has 2 rings (SSSR count). The average Bonchev–Trinajstić information content (AvgIpc) is 2.44. The number of alkyl halides is 2. The van der Waals surface area contributed by atoms with Gasteiger partial charge in [-0.15, -0.1) is 0 Å². The van der Waals surface area contributed by atoms with Crippen molar-refractivity contribution in [3.05, 3.63) is 68.5 Å². The van der Waals surface area contributed by atoms with Gasteiger partial charge in [0.1, 0.15) is 17.5 Å². The lowest BCUT2D eigenvalue weighted by atomic mass is 10.1. The van der Waals surface area contributed by atoms with Gasteiger partial charge in [0.2, 0.25) is 0 Å². The second-order valence-electron chi connectivity index (χ2n) is 4.61. The van der Waals surface area contributed by atoms with Gasteiger partial charge >= 0.3 is 0 Å². The Hall–Kier alpha value is -1.71. The number of carbonyl (C=O) groups is 1. The molecule has 0 saturated heterocycles. The molecule has 0 spiro atoms. The maximum Gasteiger partial charge on any atom is 0.295 e. The molecule has 23 heavy (non-hydrogen) atoms. The minimum atomic E-state index is -4.03. The molecule has 1 N–H and O–H groups in total. The largest absolute Gasteiger partial charge is 0.346 e. The standard InChI is InChI=1S/C15H9F5INO/c16-8-5-10(17)13(11(18)6-8)15(19,20)7-22-14(23)9-3-1-2-4-12(9)21/h1-6H,7H2,(H,22,23). The monoisotopic (exact) mass is 441 g/mol. The molecule has 0 bridgehead atoms. The van der Waals surface area contributed by atoms with Crippen LogP contribution in [0.3, 0.4) is 0 Å². The topological polar surface area (TPSA) is 29.1 Å². The Labute approximate surface area is 141 Å². The van der Waals surface area contributed by atoms with Crippen molar-refractivity contribution in [1.29, 1.82) is 0 Å². The van der Waals surface area contributed by atoms with Crippen molar-refractivity contribution in [2.24, 2.45) is 0 Å². The maximum absolute atomic E-state index is 14.0. The van der Waals surface area contributed by atoms with E-state index in [1.807, 2.05) is 27.9 Å². The Kier molecular flexibility index (Phi) is 5.23. The predicted molar refractivity (Wildman–Crippen MR) is 81.7 cm³/mol. The molecule has 1 amide bonds. The van der Waals surface area contributed by atoms with Gasteiger partial charge in [0, 0.05) is 15.7 Å².